The molecule has 3 fully saturated rings. The molecule has 3 saturated heterocycles. The van der Waals surface area contributed by atoms with Crippen molar-refractivity contribution in [2.45, 2.75) is 24.9 Å². The van der Waals surface area contributed by atoms with E-state index in [0.29, 0.717) is 18.3 Å². The minimum absolute atomic E-state index is 0.00704. The molecule has 3 heterocycles. The van der Waals surface area contributed by atoms with Crippen molar-refractivity contribution >= 4 is 34.2 Å². The second-order valence-corrected chi connectivity index (χ2v) is 7.36. The van der Waals surface area contributed by atoms with Gasteiger partial charge < -0.3 is 14.5 Å². The van der Waals surface area contributed by atoms with Crippen molar-refractivity contribution in [2.24, 2.45) is 0 Å². The topological polar surface area (TPSA) is 175 Å². The van der Waals surface area contributed by atoms with Crippen molar-refractivity contribution < 1.29 is 41.2 Å². The summed E-state index contributed by atoms with van der Waals surface area (Å²) in [4.78, 5) is 50.8. The molecule has 3 N–H and O–H groups in total. The summed E-state index contributed by atoms with van der Waals surface area (Å²) in [5.41, 5.74) is 4.11. The van der Waals surface area contributed by atoms with Crippen LogP contribution < -0.4 is 10.9 Å². The molecule has 15 heteroatoms. The minimum atomic E-state index is -4.89. The average molecular weight is 421 g/mol. The van der Waals surface area contributed by atoms with Crippen molar-refractivity contribution in [2.75, 3.05) is 32.8 Å². The number of ether oxygens (including phenoxy) is 1. The van der Waals surface area contributed by atoms with Crippen molar-refractivity contribution in [1.82, 2.24) is 25.7 Å². The molecule has 0 radical (unpaired) electrons. The maximum absolute atomic E-state index is 12.3. The molecule has 0 aromatic carbocycles. The van der Waals surface area contributed by atoms with Crippen LogP contribution in [0.4, 0.5) is 4.79 Å². The molecule has 0 unspecified atom stereocenters. The van der Waals surface area contributed by atoms with Crippen LogP contribution in [0.15, 0.2) is 0 Å². The van der Waals surface area contributed by atoms with E-state index in [1.165, 1.54) is 4.90 Å². The fourth-order valence-electron chi connectivity index (χ4n) is 3.27. The van der Waals surface area contributed by atoms with Crippen LogP contribution in [0.3, 0.4) is 0 Å². The maximum atomic E-state index is 12.3. The highest BCUT2D eigenvalue weighted by Gasteiger charge is 2.49. The number of fused-ring (bicyclic) bond motifs is 2. The Morgan fingerprint density at radius 2 is 1.82 bits per heavy atom. The summed E-state index contributed by atoms with van der Waals surface area (Å²) in [6.45, 7) is 1.15. The van der Waals surface area contributed by atoms with Crippen LogP contribution in [-0.2, 0) is 33.8 Å². The molecular weight excluding hydrogens is 402 g/mol. The Morgan fingerprint density at radius 1 is 1.14 bits per heavy atom. The maximum Gasteiger partial charge on any atom is 0.418 e. The second kappa shape index (κ2) is 7.86. The van der Waals surface area contributed by atoms with Gasteiger partial charge in [0.2, 0.25) is 0 Å². The fraction of sp³-hybridized carbons (Fsp3) is 0.692. The number of hydrazine groups is 1. The van der Waals surface area contributed by atoms with Crippen molar-refractivity contribution in [1.29, 1.82) is 0 Å². The Labute approximate surface area is 159 Å². The first-order chi connectivity index (χ1) is 13.2. The lowest BCUT2D eigenvalue weighted by Gasteiger charge is -2.29. The van der Waals surface area contributed by atoms with E-state index >= 15 is 0 Å². The Balaban J connectivity index is 1.54. The highest BCUT2D eigenvalue weighted by Crippen LogP contribution is 2.30. The molecule has 156 valence electrons. The number of urea groups is 1. The van der Waals surface area contributed by atoms with Crippen molar-refractivity contribution in [3.05, 3.63) is 0 Å². The number of carbonyl (C=O) groups excluding carboxylic acids is 4. The summed E-state index contributed by atoms with van der Waals surface area (Å²) in [6, 6.07) is -2.55. The van der Waals surface area contributed by atoms with Gasteiger partial charge in [0.05, 0.1) is 19.3 Å². The Bertz CT molecular complexity index is 781. The molecule has 3 aliphatic heterocycles. The van der Waals surface area contributed by atoms with Crippen LogP contribution in [0.5, 0.6) is 0 Å². The summed E-state index contributed by atoms with van der Waals surface area (Å²) in [7, 11) is -4.89. The number of hydrogen-bond donors (Lipinski definition) is 3. The molecule has 0 saturated carbocycles. The van der Waals surface area contributed by atoms with Crippen LogP contribution in [0.2, 0.25) is 0 Å². The predicted octanol–water partition coefficient (Wildman–Crippen LogP) is -3.00. The number of hydroxylamine groups is 2. The number of nitrogens with zero attached hydrogens (tertiary/aromatic N) is 3. The van der Waals surface area contributed by atoms with Gasteiger partial charge >= 0.3 is 28.2 Å². The van der Waals surface area contributed by atoms with Gasteiger partial charge in [-0.3, -0.25) is 29.8 Å². The van der Waals surface area contributed by atoms with Crippen LogP contribution in [-0.4, -0.2) is 96.5 Å². The minimum Gasteiger partial charge on any atom is -0.378 e. The van der Waals surface area contributed by atoms with Crippen LogP contribution >= 0.6 is 0 Å². The largest absolute Gasteiger partial charge is 0.418 e. The number of morpholine rings is 1. The highest BCUT2D eigenvalue weighted by atomic mass is 32.3. The number of amides is 5. The van der Waals surface area contributed by atoms with Gasteiger partial charge in [-0.2, -0.15) is 13.5 Å². The molecular formula is C13H19N5O9S. The standard InChI is InChI=1S/C13H19N5O9S/c19-10(14-15-11(20)12(21)16-3-5-26-6-4-16)9-2-1-8-7-17(9)13(22)18(8)27-28(23,24)25/h8-9H,1-7H2,(H,14,19)(H,15,20)(H,23,24,25)/t8-,9-/m0/s1. The van der Waals surface area contributed by atoms with E-state index in [9.17, 15) is 27.6 Å². The Hall–Kier alpha value is -2.49. The molecule has 0 aromatic heterocycles. The first kappa shape index (κ1) is 20.2. The quantitative estimate of drug-likeness (QED) is 0.243. The zero-order chi connectivity index (χ0) is 20.5. The molecule has 28 heavy (non-hydrogen) atoms. The lowest BCUT2D eigenvalue weighted by atomic mass is 10.0. The monoisotopic (exact) mass is 421 g/mol. The van der Waals surface area contributed by atoms with E-state index in [1.54, 1.807) is 0 Å². The summed E-state index contributed by atoms with van der Waals surface area (Å²) >= 11 is 0. The van der Waals surface area contributed by atoms with E-state index in [4.69, 9.17) is 9.29 Å². The molecule has 2 bridgehead atoms. The van der Waals surface area contributed by atoms with Crippen molar-refractivity contribution in [3.8, 4) is 0 Å². The van der Waals surface area contributed by atoms with Gasteiger partial charge in [-0.15, -0.1) is 4.28 Å². The van der Waals surface area contributed by atoms with Gasteiger partial charge in [-0.05, 0) is 12.8 Å². The van der Waals surface area contributed by atoms with Crippen LogP contribution in [0.1, 0.15) is 12.8 Å². The lowest BCUT2D eigenvalue weighted by molar-refractivity contribution is -0.149. The zero-order valence-corrected chi connectivity index (χ0v) is 15.4. The van der Waals surface area contributed by atoms with Crippen molar-refractivity contribution in [3.63, 3.8) is 0 Å². The molecule has 3 aliphatic rings. The molecule has 2 atom stereocenters. The SMILES string of the molecule is O=C(NNC(=O)[C@@H]1CC[C@H]2CN1C(=O)N2OS(=O)(=O)O)C(=O)N1CCOCC1. The number of hydrogen-bond acceptors (Lipinski definition) is 8. The van der Waals surface area contributed by atoms with Gasteiger partial charge in [-0.25, -0.2) is 4.79 Å². The predicted molar refractivity (Wildman–Crippen MR) is 87.1 cm³/mol. The van der Waals surface area contributed by atoms with E-state index in [-0.39, 0.29) is 32.5 Å². The van der Waals surface area contributed by atoms with Gasteiger partial charge in [0.1, 0.15) is 6.04 Å². The molecule has 0 aromatic rings. The van der Waals surface area contributed by atoms with E-state index in [2.05, 4.69) is 9.71 Å². The van der Waals surface area contributed by atoms with Crippen LogP contribution in [0, 0.1) is 0 Å². The number of carbonyl (C=O) groups is 4. The molecule has 5 amide bonds. The van der Waals surface area contributed by atoms with Gasteiger partial charge in [0, 0.05) is 19.6 Å². The average Bonchev–Trinajstić information content (AvgIpc) is 2.89. The normalized spacial score (nSPS) is 24.9. The number of rotatable bonds is 3. The second-order valence-electron chi connectivity index (χ2n) is 6.36. The Morgan fingerprint density at radius 3 is 2.46 bits per heavy atom. The van der Waals surface area contributed by atoms with E-state index in [1.807, 2.05) is 5.43 Å². The third kappa shape index (κ3) is 4.32. The number of nitrogens with one attached hydrogen (secondary N) is 2. The summed E-state index contributed by atoms with van der Waals surface area (Å²) < 4.78 is 39.8. The number of piperidine rings is 1. The third-order valence-corrected chi connectivity index (χ3v) is 4.94. The smallest absolute Gasteiger partial charge is 0.378 e. The summed E-state index contributed by atoms with van der Waals surface area (Å²) in [5.74, 6) is -2.60. The van der Waals surface area contributed by atoms with E-state index in [0.717, 1.165) is 4.90 Å². The van der Waals surface area contributed by atoms with Gasteiger partial charge in [0.25, 0.3) is 5.91 Å². The van der Waals surface area contributed by atoms with E-state index < -0.39 is 46.2 Å². The molecule has 14 nitrogen and oxygen atoms in total. The third-order valence-electron chi connectivity index (χ3n) is 4.59. The lowest BCUT2D eigenvalue weighted by Crippen LogP contribution is -2.57. The Kier molecular flexibility index (Phi) is 5.69. The summed E-state index contributed by atoms with van der Waals surface area (Å²) in [5, 5.41) is 0.503. The molecule has 0 spiro atoms. The molecule has 3 rings (SSSR count). The first-order valence-electron chi connectivity index (χ1n) is 8.41. The zero-order valence-electron chi connectivity index (χ0n) is 14.6. The van der Waals surface area contributed by atoms with Crippen LogP contribution in [0.25, 0.3) is 0 Å². The van der Waals surface area contributed by atoms with Gasteiger partial charge in [0.15, 0.2) is 0 Å². The fourth-order valence-corrected chi connectivity index (χ4v) is 3.66. The highest BCUT2D eigenvalue weighted by molar-refractivity contribution is 7.80. The first-order valence-corrected chi connectivity index (χ1v) is 9.77. The summed E-state index contributed by atoms with van der Waals surface area (Å²) in [6.07, 6.45) is 0.400. The van der Waals surface area contributed by atoms with Gasteiger partial charge in [-0.1, -0.05) is 0 Å². The molecule has 0 aliphatic carbocycles.